The van der Waals surface area contributed by atoms with Gasteiger partial charge in [-0.2, -0.15) is 0 Å². The predicted molar refractivity (Wildman–Crippen MR) is 189 cm³/mol. The molecule has 0 bridgehead atoms. The van der Waals surface area contributed by atoms with Crippen LogP contribution in [0, 0.1) is 0 Å². The van der Waals surface area contributed by atoms with Gasteiger partial charge < -0.3 is 10.2 Å². The van der Waals surface area contributed by atoms with Crippen molar-refractivity contribution >= 4 is 41.0 Å². The van der Waals surface area contributed by atoms with E-state index in [1.165, 1.54) is 24.4 Å². The summed E-state index contributed by atoms with van der Waals surface area (Å²) < 4.78 is 5.09. The van der Waals surface area contributed by atoms with Gasteiger partial charge in [0, 0.05) is 36.0 Å². The first-order valence-corrected chi connectivity index (χ1v) is 18.2. The van der Waals surface area contributed by atoms with Crippen LogP contribution in [0.4, 0.5) is 0 Å². The van der Waals surface area contributed by atoms with Crippen LogP contribution in [-0.2, 0) is 23.1 Å². The summed E-state index contributed by atoms with van der Waals surface area (Å²) in [5, 5.41) is 3.29. The number of nitrogens with zero attached hydrogens (tertiary/aromatic N) is 2. The van der Waals surface area contributed by atoms with Crippen molar-refractivity contribution in [2.24, 2.45) is 0 Å². The van der Waals surface area contributed by atoms with Gasteiger partial charge in [0.05, 0.1) is 14.8 Å². The van der Waals surface area contributed by atoms with E-state index in [0.717, 1.165) is 57.4 Å². The summed E-state index contributed by atoms with van der Waals surface area (Å²) in [7, 11) is 2.24. The van der Waals surface area contributed by atoms with Crippen molar-refractivity contribution in [1.82, 2.24) is 14.5 Å². The number of benzene rings is 3. The van der Waals surface area contributed by atoms with Gasteiger partial charge in [0.15, 0.2) is 0 Å². The Balaban J connectivity index is 1.17. The lowest BCUT2D eigenvalue weighted by Gasteiger charge is -2.39. The number of rotatable bonds is 14. The van der Waals surface area contributed by atoms with Crippen molar-refractivity contribution in [3.8, 4) is 0 Å². The molecule has 1 amide bonds. The van der Waals surface area contributed by atoms with E-state index in [9.17, 15) is 4.79 Å². The zero-order chi connectivity index (χ0) is 30.8. The first kappa shape index (κ1) is 32.8. The second-order valence-corrected chi connectivity index (χ2v) is 16.0. The number of hydrogen-bond donors (Lipinski definition) is 1. The van der Waals surface area contributed by atoms with Crippen molar-refractivity contribution < 1.29 is 4.79 Å². The van der Waals surface area contributed by atoms with Crippen LogP contribution in [0.1, 0.15) is 49.8 Å². The number of carbonyl (C=O) groups excluding carboxylic acids is 1. The quantitative estimate of drug-likeness (QED) is 0.139. The summed E-state index contributed by atoms with van der Waals surface area (Å²) >= 11 is 5.57. The minimum absolute atomic E-state index is 0.0218. The maximum Gasteiger partial charge on any atom is 0.224 e. The van der Waals surface area contributed by atoms with Gasteiger partial charge in [0.25, 0.3) is 0 Å². The summed E-state index contributed by atoms with van der Waals surface area (Å²) in [6.07, 6.45) is 4.63. The van der Waals surface area contributed by atoms with E-state index in [4.69, 9.17) is 0 Å². The highest BCUT2D eigenvalue weighted by molar-refractivity contribution is 8.02. The number of likely N-dealkylation sites (N-methyl/N-ethyl adjacent to an activating group) is 1. The lowest BCUT2D eigenvalue weighted by molar-refractivity contribution is -0.121. The number of aryl methyl sites for hydroxylation is 1. The number of thiophene rings is 1. The molecule has 5 rings (SSSR count). The number of carbonyl (C=O) groups is 1. The van der Waals surface area contributed by atoms with Gasteiger partial charge in [0.1, 0.15) is 0 Å². The minimum Gasteiger partial charge on any atom is -0.353 e. The maximum absolute atomic E-state index is 12.6. The van der Waals surface area contributed by atoms with Crippen molar-refractivity contribution in [3.05, 3.63) is 114 Å². The van der Waals surface area contributed by atoms with Crippen LogP contribution in [0.3, 0.4) is 0 Å². The fourth-order valence-electron chi connectivity index (χ4n) is 6.17. The van der Waals surface area contributed by atoms with Gasteiger partial charge in [-0.15, -0.1) is 11.3 Å². The largest absolute Gasteiger partial charge is 0.353 e. The summed E-state index contributed by atoms with van der Waals surface area (Å²) in [6, 6.07) is 34.4. The van der Waals surface area contributed by atoms with E-state index in [-0.39, 0.29) is 17.4 Å². The SMILES string of the molecule is CCc1ccccc1C(C)(CCN1CCC(NC(=O)Cc2ccccc2)CC1)CN(C)Sc1ccc(Sc2ccccc2)s1. The number of amides is 1. The molecule has 0 radical (unpaired) electrons. The summed E-state index contributed by atoms with van der Waals surface area (Å²) in [5.74, 6) is 0.135. The molecule has 4 aromatic rings. The summed E-state index contributed by atoms with van der Waals surface area (Å²) in [4.78, 5) is 16.5. The van der Waals surface area contributed by atoms with Crippen LogP contribution in [0.2, 0.25) is 0 Å². The predicted octanol–water partition coefficient (Wildman–Crippen LogP) is 8.57. The Kier molecular flexibility index (Phi) is 12.0. The average molecular weight is 644 g/mol. The Morgan fingerprint density at radius 2 is 1.59 bits per heavy atom. The molecule has 3 aromatic carbocycles. The molecule has 1 aliphatic heterocycles. The lowest BCUT2D eigenvalue weighted by Crippen LogP contribution is -2.46. The van der Waals surface area contributed by atoms with Crippen LogP contribution < -0.4 is 5.32 Å². The first-order chi connectivity index (χ1) is 21.4. The average Bonchev–Trinajstić information content (AvgIpc) is 3.47. The number of likely N-dealkylation sites (tertiary alicyclic amines) is 1. The van der Waals surface area contributed by atoms with Gasteiger partial charge in [-0.1, -0.05) is 98.4 Å². The van der Waals surface area contributed by atoms with Crippen molar-refractivity contribution in [2.45, 2.75) is 70.7 Å². The smallest absolute Gasteiger partial charge is 0.224 e. The molecule has 44 heavy (non-hydrogen) atoms. The van der Waals surface area contributed by atoms with Gasteiger partial charge in [-0.3, -0.25) is 4.79 Å². The summed E-state index contributed by atoms with van der Waals surface area (Å²) in [5.41, 5.74) is 4.02. The number of piperidine rings is 1. The molecule has 7 heteroatoms. The highest BCUT2D eigenvalue weighted by Crippen LogP contribution is 2.40. The standard InChI is InChI=1S/C37H45N3OS3/c1-4-30-15-11-12-18-33(30)37(2,28-39(3)44-36-20-19-35(43-36)42-32-16-9-6-10-17-32)23-26-40-24-21-31(22-25-40)38-34(41)27-29-13-7-5-8-14-29/h5-20,31H,4,21-28H2,1-3H3,(H,38,41). The van der Waals surface area contributed by atoms with E-state index < -0.39 is 0 Å². The van der Waals surface area contributed by atoms with Crippen molar-refractivity contribution in [1.29, 1.82) is 0 Å². The zero-order valence-electron chi connectivity index (χ0n) is 26.2. The Bertz CT molecular complexity index is 1450. The van der Waals surface area contributed by atoms with E-state index in [2.05, 4.69) is 102 Å². The zero-order valence-corrected chi connectivity index (χ0v) is 28.7. The first-order valence-electron chi connectivity index (χ1n) is 15.8. The van der Waals surface area contributed by atoms with Crippen LogP contribution in [0.5, 0.6) is 0 Å². The molecule has 1 aromatic heterocycles. The maximum atomic E-state index is 12.6. The molecule has 1 fully saturated rings. The highest BCUT2D eigenvalue weighted by atomic mass is 32.2. The molecule has 1 atom stereocenters. The lowest BCUT2D eigenvalue weighted by atomic mass is 9.76. The number of hydrogen-bond acceptors (Lipinski definition) is 6. The molecule has 0 spiro atoms. The van der Waals surface area contributed by atoms with Crippen molar-refractivity contribution in [2.75, 3.05) is 33.2 Å². The Hall–Kier alpha value is -2.55. The van der Waals surface area contributed by atoms with E-state index in [1.54, 1.807) is 0 Å². The van der Waals surface area contributed by atoms with Gasteiger partial charge in [-0.25, -0.2) is 4.31 Å². The van der Waals surface area contributed by atoms with E-state index in [1.807, 2.05) is 65.4 Å². The molecule has 0 aliphatic carbocycles. The molecule has 2 heterocycles. The summed E-state index contributed by atoms with van der Waals surface area (Å²) in [6.45, 7) is 8.83. The normalized spacial score (nSPS) is 15.7. The second kappa shape index (κ2) is 16.1. The third kappa shape index (κ3) is 9.48. The molecule has 0 saturated carbocycles. The third-order valence-corrected chi connectivity index (χ3v) is 11.8. The Morgan fingerprint density at radius 1 is 0.932 bits per heavy atom. The topological polar surface area (TPSA) is 35.6 Å². The van der Waals surface area contributed by atoms with Crippen molar-refractivity contribution in [3.63, 3.8) is 0 Å². The van der Waals surface area contributed by atoms with Gasteiger partial charge in [-0.05, 0) is 92.2 Å². The second-order valence-electron chi connectivity index (χ2n) is 12.0. The highest BCUT2D eigenvalue weighted by Gasteiger charge is 2.32. The molecule has 4 nitrogen and oxygen atoms in total. The fraction of sp³-hybridized carbons (Fsp3) is 0.378. The molecule has 232 valence electrons. The van der Waals surface area contributed by atoms with Crippen LogP contribution >= 0.6 is 35.0 Å². The monoisotopic (exact) mass is 643 g/mol. The van der Waals surface area contributed by atoms with Gasteiger partial charge >= 0.3 is 0 Å². The molecule has 1 aliphatic rings. The van der Waals surface area contributed by atoms with Crippen LogP contribution in [0.25, 0.3) is 0 Å². The molecular formula is C37H45N3OS3. The fourth-order valence-corrected chi connectivity index (χ4v) is 9.77. The molecule has 1 N–H and O–H groups in total. The number of nitrogens with one attached hydrogen (secondary N) is 1. The molecular weight excluding hydrogens is 599 g/mol. The Labute approximate surface area is 276 Å². The molecule has 1 saturated heterocycles. The van der Waals surface area contributed by atoms with Crippen LogP contribution in [-0.4, -0.2) is 54.4 Å². The Morgan fingerprint density at radius 3 is 2.32 bits per heavy atom. The third-order valence-electron chi connectivity index (χ3n) is 8.52. The molecule has 1 unspecified atom stereocenters. The van der Waals surface area contributed by atoms with Gasteiger partial charge in [0.2, 0.25) is 5.91 Å². The van der Waals surface area contributed by atoms with Crippen LogP contribution in [0.15, 0.2) is 110 Å². The minimum atomic E-state index is 0.0218. The van der Waals surface area contributed by atoms with E-state index in [0.29, 0.717) is 6.42 Å². The van der Waals surface area contributed by atoms with E-state index >= 15 is 0 Å².